The van der Waals surface area contributed by atoms with Gasteiger partial charge in [0.15, 0.2) is 5.58 Å². The topological polar surface area (TPSA) is 66.2 Å². The van der Waals surface area contributed by atoms with Gasteiger partial charge in [0.2, 0.25) is 0 Å². The Balaban J connectivity index is 2.04. The zero-order valence-corrected chi connectivity index (χ0v) is 10.7. The number of aliphatic hydroxyl groups excluding tert-OH is 1. The summed E-state index contributed by atoms with van der Waals surface area (Å²) in [4.78, 5) is 13.6. The van der Waals surface area contributed by atoms with E-state index in [1.807, 2.05) is 0 Å². The molecule has 1 unspecified atom stereocenters. The maximum Gasteiger partial charge on any atom is 0.417 e. The molecule has 0 bridgehead atoms. The van der Waals surface area contributed by atoms with Gasteiger partial charge in [-0.2, -0.15) is 0 Å². The number of aliphatic hydroxyl groups is 1. The zero-order valence-electron chi connectivity index (χ0n) is 10.7. The van der Waals surface area contributed by atoms with Crippen molar-refractivity contribution < 1.29 is 13.9 Å². The highest BCUT2D eigenvalue weighted by Crippen LogP contribution is 2.25. The average Bonchev–Trinajstić information content (AvgIpc) is 2.80. The van der Waals surface area contributed by atoms with E-state index in [-0.39, 0.29) is 5.82 Å². The fourth-order valence-corrected chi connectivity index (χ4v) is 2.10. The van der Waals surface area contributed by atoms with E-state index < -0.39 is 11.9 Å². The van der Waals surface area contributed by atoms with Crippen LogP contribution >= 0.6 is 0 Å². The maximum atomic E-state index is 13.5. The highest BCUT2D eigenvalue weighted by molar-refractivity contribution is 5.73. The van der Waals surface area contributed by atoms with Crippen LogP contribution in [0, 0.1) is 12.7 Å². The van der Waals surface area contributed by atoms with Crippen LogP contribution in [0.4, 0.5) is 4.39 Å². The van der Waals surface area contributed by atoms with Gasteiger partial charge in [-0.15, -0.1) is 0 Å². The van der Waals surface area contributed by atoms with Crippen LogP contribution in [-0.4, -0.2) is 10.1 Å². The van der Waals surface area contributed by atoms with Crippen molar-refractivity contribution in [3.05, 3.63) is 69.5 Å². The first-order valence-corrected chi connectivity index (χ1v) is 6.11. The van der Waals surface area contributed by atoms with Crippen LogP contribution in [0.5, 0.6) is 0 Å². The van der Waals surface area contributed by atoms with Gasteiger partial charge < -0.3 is 9.52 Å². The summed E-state index contributed by atoms with van der Waals surface area (Å²) in [6.45, 7) is 1.66. The molecule has 102 valence electrons. The Morgan fingerprint density at radius 2 is 1.90 bits per heavy atom. The average molecular weight is 273 g/mol. The summed E-state index contributed by atoms with van der Waals surface area (Å²) in [5.41, 5.74) is 2.42. The van der Waals surface area contributed by atoms with Crippen LogP contribution < -0.4 is 5.76 Å². The van der Waals surface area contributed by atoms with Gasteiger partial charge in [-0.25, -0.2) is 9.18 Å². The van der Waals surface area contributed by atoms with Crippen molar-refractivity contribution in [2.45, 2.75) is 13.0 Å². The lowest BCUT2D eigenvalue weighted by molar-refractivity contribution is 0.220. The SMILES string of the molecule is Cc1ccc(C(O)c2ccc3[nH]c(=O)oc3c2)cc1F. The summed E-state index contributed by atoms with van der Waals surface area (Å²) in [7, 11) is 0. The van der Waals surface area contributed by atoms with Gasteiger partial charge in [-0.05, 0) is 41.8 Å². The molecule has 0 aliphatic heterocycles. The molecule has 0 radical (unpaired) electrons. The molecule has 0 saturated heterocycles. The molecule has 2 N–H and O–H groups in total. The molecule has 0 amide bonds. The molecule has 0 aliphatic carbocycles. The third kappa shape index (κ3) is 2.12. The Morgan fingerprint density at radius 3 is 2.65 bits per heavy atom. The molecule has 1 aromatic heterocycles. The van der Waals surface area contributed by atoms with E-state index in [1.54, 1.807) is 37.3 Å². The second-order valence-corrected chi connectivity index (χ2v) is 4.68. The second kappa shape index (κ2) is 4.61. The molecule has 0 saturated carbocycles. The number of hydrogen-bond donors (Lipinski definition) is 2. The van der Waals surface area contributed by atoms with Gasteiger partial charge in [0.25, 0.3) is 0 Å². The van der Waals surface area contributed by atoms with Gasteiger partial charge in [0, 0.05) is 0 Å². The third-order valence-corrected chi connectivity index (χ3v) is 3.27. The van der Waals surface area contributed by atoms with Crippen LogP contribution in [0.15, 0.2) is 45.6 Å². The maximum absolute atomic E-state index is 13.5. The number of benzene rings is 2. The molecule has 4 nitrogen and oxygen atoms in total. The van der Waals surface area contributed by atoms with Crippen molar-refractivity contribution in [2.75, 3.05) is 0 Å². The number of oxazole rings is 1. The Morgan fingerprint density at radius 1 is 1.20 bits per heavy atom. The molecular weight excluding hydrogens is 261 g/mol. The number of hydrogen-bond acceptors (Lipinski definition) is 3. The highest BCUT2D eigenvalue weighted by Gasteiger charge is 2.13. The molecular formula is C15H12FNO3. The first-order valence-electron chi connectivity index (χ1n) is 6.11. The number of aryl methyl sites for hydroxylation is 1. The van der Waals surface area contributed by atoms with Crippen molar-refractivity contribution in [1.82, 2.24) is 4.98 Å². The lowest BCUT2D eigenvalue weighted by Crippen LogP contribution is -2.00. The fraction of sp³-hybridized carbons (Fsp3) is 0.133. The van der Waals surface area contributed by atoms with Gasteiger partial charge in [-0.1, -0.05) is 18.2 Å². The van der Waals surface area contributed by atoms with Gasteiger partial charge in [0.05, 0.1) is 5.52 Å². The Kier molecular flexibility index (Phi) is 2.91. The van der Waals surface area contributed by atoms with Crippen molar-refractivity contribution >= 4 is 11.1 Å². The van der Waals surface area contributed by atoms with E-state index in [9.17, 15) is 14.3 Å². The van der Waals surface area contributed by atoms with Crippen molar-refractivity contribution in [3.8, 4) is 0 Å². The predicted molar refractivity (Wildman–Crippen MR) is 72.0 cm³/mol. The first kappa shape index (κ1) is 12.6. The number of rotatable bonds is 2. The number of halogens is 1. The van der Waals surface area contributed by atoms with E-state index in [2.05, 4.69) is 4.98 Å². The van der Waals surface area contributed by atoms with Crippen LogP contribution in [0.3, 0.4) is 0 Å². The highest BCUT2D eigenvalue weighted by atomic mass is 19.1. The van der Waals surface area contributed by atoms with E-state index in [4.69, 9.17) is 4.42 Å². The Labute approximate surface area is 113 Å². The standard InChI is InChI=1S/C15H12FNO3/c1-8-2-3-9(6-11(8)16)14(18)10-4-5-12-13(7-10)20-15(19)17-12/h2-7,14,18H,1H3,(H,17,19). The summed E-state index contributed by atoms with van der Waals surface area (Å²) in [6, 6.07) is 9.45. The van der Waals surface area contributed by atoms with Crippen molar-refractivity contribution in [2.24, 2.45) is 0 Å². The molecule has 5 heteroatoms. The van der Waals surface area contributed by atoms with Crippen LogP contribution in [0.1, 0.15) is 22.8 Å². The predicted octanol–water partition coefficient (Wildman–Crippen LogP) is 2.65. The molecule has 0 aliphatic rings. The normalized spacial score (nSPS) is 12.8. The summed E-state index contributed by atoms with van der Waals surface area (Å²) in [5, 5.41) is 10.3. The van der Waals surface area contributed by atoms with Crippen molar-refractivity contribution in [3.63, 3.8) is 0 Å². The smallest absolute Gasteiger partial charge is 0.408 e. The van der Waals surface area contributed by atoms with Gasteiger partial charge in [-0.3, -0.25) is 4.98 Å². The van der Waals surface area contributed by atoms with E-state index in [0.717, 1.165) is 0 Å². The van der Waals surface area contributed by atoms with Crippen LogP contribution in [-0.2, 0) is 0 Å². The number of aromatic nitrogens is 1. The number of nitrogens with one attached hydrogen (secondary N) is 1. The van der Waals surface area contributed by atoms with Crippen LogP contribution in [0.25, 0.3) is 11.1 Å². The Hall–Kier alpha value is -2.40. The van der Waals surface area contributed by atoms with E-state index >= 15 is 0 Å². The second-order valence-electron chi connectivity index (χ2n) is 4.68. The van der Waals surface area contributed by atoms with E-state index in [1.165, 1.54) is 6.07 Å². The molecule has 1 heterocycles. The minimum absolute atomic E-state index is 0.360. The largest absolute Gasteiger partial charge is 0.417 e. The molecule has 2 aromatic carbocycles. The van der Waals surface area contributed by atoms with Crippen molar-refractivity contribution in [1.29, 1.82) is 0 Å². The lowest BCUT2D eigenvalue weighted by Gasteiger charge is -2.12. The van der Waals surface area contributed by atoms with Gasteiger partial charge in [0.1, 0.15) is 11.9 Å². The third-order valence-electron chi connectivity index (χ3n) is 3.27. The Bertz CT molecular complexity index is 834. The molecule has 0 fully saturated rings. The summed E-state index contributed by atoms with van der Waals surface area (Å²) in [5.74, 6) is -0.913. The first-order chi connectivity index (χ1) is 9.54. The quantitative estimate of drug-likeness (QED) is 0.754. The van der Waals surface area contributed by atoms with E-state index in [0.29, 0.717) is 27.8 Å². The molecule has 0 spiro atoms. The molecule has 1 atom stereocenters. The number of fused-ring (bicyclic) bond motifs is 1. The fourth-order valence-electron chi connectivity index (χ4n) is 2.10. The summed E-state index contributed by atoms with van der Waals surface area (Å²) < 4.78 is 18.5. The monoisotopic (exact) mass is 273 g/mol. The molecule has 3 aromatic rings. The minimum atomic E-state index is -0.977. The molecule has 3 rings (SSSR count). The minimum Gasteiger partial charge on any atom is -0.408 e. The van der Waals surface area contributed by atoms with Gasteiger partial charge >= 0.3 is 5.76 Å². The number of H-pyrrole nitrogens is 1. The van der Waals surface area contributed by atoms with Crippen LogP contribution in [0.2, 0.25) is 0 Å². The zero-order chi connectivity index (χ0) is 14.3. The summed E-state index contributed by atoms with van der Waals surface area (Å²) in [6.07, 6.45) is -0.977. The molecule has 20 heavy (non-hydrogen) atoms. The summed E-state index contributed by atoms with van der Waals surface area (Å²) >= 11 is 0. The number of aromatic amines is 1. The lowest BCUT2D eigenvalue weighted by atomic mass is 10.00.